The van der Waals surface area contributed by atoms with Crippen LogP contribution in [-0.2, 0) is 16.1 Å². The van der Waals surface area contributed by atoms with E-state index in [1.807, 2.05) is 30.3 Å². The molecule has 45 heavy (non-hydrogen) atoms. The quantitative estimate of drug-likeness (QED) is 0.204. The number of nitrogens with zero attached hydrogens (tertiary/aromatic N) is 3. The van der Waals surface area contributed by atoms with Crippen molar-refractivity contribution in [2.75, 3.05) is 36.5 Å². The molecule has 2 fully saturated rings. The first-order valence-electron chi connectivity index (χ1n) is 14.7. The van der Waals surface area contributed by atoms with Gasteiger partial charge in [0.25, 0.3) is 0 Å². The van der Waals surface area contributed by atoms with Gasteiger partial charge in [-0.05, 0) is 37.1 Å². The molecular weight excluding hydrogens is 597 g/mol. The molecule has 1 aromatic heterocycles. The van der Waals surface area contributed by atoms with Crippen molar-refractivity contribution >= 4 is 45.5 Å². The van der Waals surface area contributed by atoms with Crippen molar-refractivity contribution in [3.8, 4) is 17.6 Å². The molecule has 9 nitrogen and oxygen atoms in total. The van der Waals surface area contributed by atoms with Gasteiger partial charge in [0.2, 0.25) is 5.91 Å². The van der Waals surface area contributed by atoms with E-state index in [-0.39, 0.29) is 18.5 Å². The summed E-state index contributed by atoms with van der Waals surface area (Å²) in [7, 11) is 0. The van der Waals surface area contributed by atoms with Crippen molar-refractivity contribution in [2.24, 2.45) is 5.73 Å². The van der Waals surface area contributed by atoms with Gasteiger partial charge in [0.1, 0.15) is 24.5 Å². The summed E-state index contributed by atoms with van der Waals surface area (Å²) < 4.78 is 32.8. The molecular formula is C34H31ClFN5O4. The number of nitrogens with two attached hydrogens (primary N) is 1. The lowest BCUT2D eigenvalue weighted by molar-refractivity contribution is -0.113. The highest BCUT2D eigenvalue weighted by Gasteiger charge is 2.25. The van der Waals surface area contributed by atoms with E-state index in [0.29, 0.717) is 77.8 Å². The van der Waals surface area contributed by atoms with Crippen LogP contribution in [0.25, 0.3) is 10.9 Å². The van der Waals surface area contributed by atoms with E-state index in [1.54, 1.807) is 12.1 Å². The molecule has 1 amide bonds. The predicted molar refractivity (Wildman–Crippen MR) is 171 cm³/mol. The smallest absolute Gasteiger partial charge is 0.241 e. The summed E-state index contributed by atoms with van der Waals surface area (Å²) in [5.74, 6) is -0.269. The van der Waals surface area contributed by atoms with E-state index < -0.39 is 11.7 Å². The van der Waals surface area contributed by atoms with Gasteiger partial charge in [-0.2, -0.15) is 5.26 Å². The first-order chi connectivity index (χ1) is 21.9. The monoisotopic (exact) mass is 627 g/mol. The number of nitriles is 1. The van der Waals surface area contributed by atoms with Crippen molar-refractivity contribution < 1.29 is 23.4 Å². The molecule has 2 aliphatic rings. The molecule has 3 N–H and O–H groups in total. The fraction of sp³-hybridized carbons (Fsp3) is 0.265. The zero-order chi connectivity index (χ0) is 31.3. The lowest BCUT2D eigenvalue weighted by Crippen LogP contribution is -2.32. The lowest BCUT2D eigenvalue weighted by Gasteiger charge is -2.32. The number of carbonyl (C=O) groups excluding carboxylic acids is 1. The fourth-order valence-electron chi connectivity index (χ4n) is 5.55. The molecule has 0 bridgehead atoms. The molecule has 0 aliphatic carbocycles. The van der Waals surface area contributed by atoms with Gasteiger partial charge in [-0.3, -0.25) is 9.78 Å². The van der Waals surface area contributed by atoms with E-state index in [4.69, 9.17) is 31.5 Å². The van der Waals surface area contributed by atoms with Crippen molar-refractivity contribution in [1.29, 1.82) is 5.26 Å². The molecule has 0 saturated carbocycles. The van der Waals surface area contributed by atoms with Crippen molar-refractivity contribution in [1.82, 2.24) is 4.98 Å². The van der Waals surface area contributed by atoms with Crippen LogP contribution in [0.1, 0.15) is 30.4 Å². The molecule has 1 unspecified atom stereocenters. The van der Waals surface area contributed by atoms with Crippen LogP contribution >= 0.6 is 11.6 Å². The minimum Gasteiger partial charge on any atom is -0.486 e. The predicted octanol–water partition coefficient (Wildman–Crippen LogP) is 6.40. The molecule has 3 heterocycles. The van der Waals surface area contributed by atoms with E-state index in [1.165, 1.54) is 24.4 Å². The highest BCUT2D eigenvalue weighted by atomic mass is 35.5. The number of fused-ring (bicyclic) bond motifs is 1. The van der Waals surface area contributed by atoms with Crippen molar-refractivity contribution in [3.05, 3.63) is 94.4 Å². The number of primary amides is 1. The molecule has 11 heteroatoms. The third kappa shape index (κ3) is 6.95. The van der Waals surface area contributed by atoms with Crippen LogP contribution in [0.3, 0.4) is 0 Å². The number of ether oxygens (including phenoxy) is 3. The lowest BCUT2D eigenvalue weighted by atomic mass is 10.0. The number of amides is 1. The number of hydrogen-bond donors (Lipinski definition) is 2. The number of carbonyl (C=O) groups is 1. The van der Waals surface area contributed by atoms with Gasteiger partial charge in [0, 0.05) is 65.6 Å². The largest absolute Gasteiger partial charge is 0.486 e. The van der Waals surface area contributed by atoms with Crippen molar-refractivity contribution in [2.45, 2.75) is 32.0 Å². The Hall–Kier alpha value is -4.85. The normalized spacial score (nSPS) is 16.3. The maximum absolute atomic E-state index is 15.2. The number of pyridine rings is 1. The Kier molecular flexibility index (Phi) is 9.01. The van der Waals surface area contributed by atoms with E-state index in [2.05, 4.69) is 21.3 Å². The summed E-state index contributed by atoms with van der Waals surface area (Å²) in [5, 5.41) is 14.5. The summed E-state index contributed by atoms with van der Waals surface area (Å²) in [6.45, 7) is 2.55. The summed E-state index contributed by atoms with van der Waals surface area (Å²) in [4.78, 5) is 18.2. The number of hydrogen-bond acceptors (Lipinski definition) is 8. The number of anilines is 3. The van der Waals surface area contributed by atoms with Crippen LogP contribution in [0.2, 0.25) is 5.02 Å². The summed E-state index contributed by atoms with van der Waals surface area (Å²) in [6, 6.07) is 17.8. The average molecular weight is 628 g/mol. The topological polar surface area (TPSA) is 123 Å². The first-order valence-corrected chi connectivity index (χ1v) is 15.0. The second-order valence-electron chi connectivity index (χ2n) is 10.9. The number of rotatable bonds is 9. The highest BCUT2D eigenvalue weighted by Crippen LogP contribution is 2.40. The van der Waals surface area contributed by atoms with Crippen molar-refractivity contribution in [3.63, 3.8) is 0 Å². The van der Waals surface area contributed by atoms with Crippen LogP contribution in [0.15, 0.2) is 72.4 Å². The summed E-state index contributed by atoms with van der Waals surface area (Å²) >= 11 is 6.21. The van der Waals surface area contributed by atoms with Crippen LogP contribution in [0.5, 0.6) is 11.5 Å². The second kappa shape index (κ2) is 13.4. The van der Waals surface area contributed by atoms with Gasteiger partial charge >= 0.3 is 0 Å². The molecule has 0 radical (unpaired) electrons. The molecule has 1 atom stereocenters. The number of aromatic nitrogens is 1. The second-order valence-corrected chi connectivity index (χ2v) is 11.3. The summed E-state index contributed by atoms with van der Waals surface area (Å²) in [6.07, 6.45) is 5.04. The molecule has 3 aromatic carbocycles. The third-order valence-corrected chi connectivity index (χ3v) is 8.25. The maximum atomic E-state index is 15.2. The zero-order valence-electron chi connectivity index (χ0n) is 24.4. The fourth-order valence-corrected chi connectivity index (χ4v) is 5.74. The van der Waals surface area contributed by atoms with Gasteiger partial charge in [0.15, 0.2) is 11.6 Å². The highest BCUT2D eigenvalue weighted by molar-refractivity contribution is 6.31. The number of benzene rings is 3. The Morgan fingerprint density at radius 2 is 2.02 bits per heavy atom. The number of piperidine rings is 1. The van der Waals surface area contributed by atoms with Crippen LogP contribution < -0.4 is 25.4 Å². The maximum Gasteiger partial charge on any atom is 0.241 e. The van der Waals surface area contributed by atoms with Gasteiger partial charge in [-0.15, -0.1) is 0 Å². The van der Waals surface area contributed by atoms with E-state index >= 15 is 4.39 Å². The van der Waals surface area contributed by atoms with Gasteiger partial charge < -0.3 is 30.2 Å². The van der Waals surface area contributed by atoms with Gasteiger partial charge in [-0.25, -0.2) is 4.39 Å². The molecule has 0 spiro atoms. The SMILES string of the molecule is N#Cc1cnc2cc(OC3CCOC3)c(N3CCC(=CC(N)=O)CC3)cc2c1Nc1ccc(OCc2ccccc2Cl)c(F)c1. The minimum atomic E-state index is -0.563. The van der Waals surface area contributed by atoms with Crippen LogP contribution in [0, 0.1) is 17.1 Å². The van der Waals surface area contributed by atoms with Gasteiger partial charge in [-0.1, -0.05) is 35.4 Å². The van der Waals surface area contributed by atoms with E-state index in [9.17, 15) is 10.1 Å². The standard InChI is InChI=1S/C34H31ClFN5O4/c35-27-4-2-1-3-22(27)19-44-31-6-5-24(14-28(31)36)40-34-23(17-37)18-39-29-16-32(45-25-9-12-43-20-25)30(15-26(29)34)41-10-7-21(8-11-41)13-33(38)42/h1-6,13-16,18,25H,7-12,19-20H2,(H2,38,42)(H,39,40). The molecule has 230 valence electrons. The zero-order valence-corrected chi connectivity index (χ0v) is 25.1. The molecule has 4 aromatic rings. The van der Waals surface area contributed by atoms with E-state index in [0.717, 1.165) is 23.2 Å². The Morgan fingerprint density at radius 1 is 1.20 bits per heavy atom. The molecule has 2 saturated heterocycles. The number of nitrogens with one attached hydrogen (secondary N) is 1. The Balaban J connectivity index is 1.32. The summed E-state index contributed by atoms with van der Waals surface area (Å²) in [5.41, 5.74) is 9.81. The number of halogens is 2. The van der Waals surface area contributed by atoms with Crippen LogP contribution in [0.4, 0.5) is 21.5 Å². The van der Waals surface area contributed by atoms with Gasteiger partial charge in [0.05, 0.1) is 35.7 Å². The minimum absolute atomic E-state index is 0.0791. The Labute approximate surface area is 265 Å². The molecule has 2 aliphatic heterocycles. The third-order valence-electron chi connectivity index (χ3n) is 7.89. The first kappa shape index (κ1) is 30.2. The Morgan fingerprint density at radius 3 is 2.73 bits per heavy atom. The average Bonchev–Trinajstić information content (AvgIpc) is 3.55. The van der Waals surface area contributed by atoms with Crippen LogP contribution in [-0.4, -0.2) is 43.3 Å². The molecule has 6 rings (SSSR count). The Bertz CT molecular complexity index is 1810.